The fourth-order valence-electron chi connectivity index (χ4n) is 2.14. The molecule has 1 rings (SSSR count). The summed E-state index contributed by atoms with van der Waals surface area (Å²) in [6.45, 7) is 8.87. The molecular formula is C13H26N2O. The average molecular weight is 226 g/mol. The van der Waals surface area contributed by atoms with Gasteiger partial charge in [-0.25, -0.2) is 0 Å². The zero-order chi connectivity index (χ0) is 12.2. The summed E-state index contributed by atoms with van der Waals surface area (Å²) in [5.74, 6) is 0.111. The van der Waals surface area contributed by atoms with Crippen molar-refractivity contribution in [3.05, 3.63) is 0 Å². The second-order valence-corrected chi connectivity index (χ2v) is 5.91. The summed E-state index contributed by atoms with van der Waals surface area (Å²) in [5, 5.41) is 6.44. The summed E-state index contributed by atoms with van der Waals surface area (Å²) < 4.78 is 0. The van der Waals surface area contributed by atoms with Crippen LogP contribution in [0.4, 0.5) is 0 Å². The van der Waals surface area contributed by atoms with E-state index in [1.165, 1.54) is 25.7 Å². The highest BCUT2D eigenvalue weighted by atomic mass is 16.2. The molecule has 0 spiro atoms. The van der Waals surface area contributed by atoms with Crippen LogP contribution in [0.15, 0.2) is 0 Å². The first-order chi connectivity index (χ1) is 7.37. The molecule has 2 N–H and O–H groups in total. The predicted molar refractivity (Wildman–Crippen MR) is 67.4 cm³/mol. The minimum atomic E-state index is -0.0880. The van der Waals surface area contributed by atoms with Gasteiger partial charge in [-0.1, -0.05) is 19.8 Å². The fourth-order valence-corrected chi connectivity index (χ4v) is 2.14. The summed E-state index contributed by atoms with van der Waals surface area (Å²) >= 11 is 0. The smallest absolute Gasteiger partial charge is 0.234 e. The summed E-state index contributed by atoms with van der Waals surface area (Å²) in [6, 6.07) is 0. The number of hydrogen-bond donors (Lipinski definition) is 2. The van der Waals surface area contributed by atoms with Crippen LogP contribution in [0.5, 0.6) is 0 Å². The standard InChI is InChI=1S/C13H26N2O/c1-5-12(2,3)15-11(16)10-14-13(4)8-6-7-9-13/h14H,5-10H2,1-4H3,(H,15,16). The minimum absolute atomic E-state index is 0.0880. The zero-order valence-electron chi connectivity index (χ0n) is 11.2. The maximum absolute atomic E-state index is 11.7. The fraction of sp³-hybridized carbons (Fsp3) is 0.923. The van der Waals surface area contributed by atoms with E-state index in [4.69, 9.17) is 0 Å². The van der Waals surface area contributed by atoms with Gasteiger partial charge in [0.2, 0.25) is 5.91 Å². The van der Waals surface area contributed by atoms with Gasteiger partial charge in [0, 0.05) is 11.1 Å². The highest BCUT2D eigenvalue weighted by molar-refractivity contribution is 5.78. The Morgan fingerprint density at radius 1 is 1.31 bits per heavy atom. The lowest BCUT2D eigenvalue weighted by Crippen LogP contribution is -2.50. The maximum Gasteiger partial charge on any atom is 0.234 e. The van der Waals surface area contributed by atoms with Crippen molar-refractivity contribution in [3.63, 3.8) is 0 Å². The van der Waals surface area contributed by atoms with Crippen molar-refractivity contribution in [3.8, 4) is 0 Å². The monoisotopic (exact) mass is 226 g/mol. The molecule has 0 aromatic carbocycles. The molecule has 0 heterocycles. The van der Waals surface area contributed by atoms with E-state index in [2.05, 4.69) is 38.3 Å². The van der Waals surface area contributed by atoms with Gasteiger partial charge in [-0.3, -0.25) is 4.79 Å². The number of carbonyl (C=O) groups excluding carboxylic acids is 1. The summed E-state index contributed by atoms with van der Waals surface area (Å²) in [5.41, 5.74) is 0.100. The van der Waals surface area contributed by atoms with E-state index >= 15 is 0 Å². The summed E-state index contributed by atoms with van der Waals surface area (Å²) in [6.07, 6.45) is 5.90. The molecule has 0 radical (unpaired) electrons. The molecule has 1 aliphatic rings. The Kier molecular flexibility index (Phi) is 4.36. The third-order valence-electron chi connectivity index (χ3n) is 3.74. The van der Waals surface area contributed by atoms with E-state index in [0.717, 1.165) is 6.42 Å². The summed E-state index contributed by atoms with van der Waals surface area (Å²) in [7, 11) is 0. The van der Waals surface area contributed by atoms with Gasteiger partial charge >= 0.3 is 0 Å². The molecule has 0 aliphatic heterocycles. The molecule has 1 amide bonds. The quantitative estimate of drug-likeness (QED) is 0.754. The third-order valence-corrected chi connectivity index (χ3v) is 3.74. The Morgan fingerprint density at radius 3 is 2.38 bits per heavy atom. The summed E-state index contributed by atoms with van der Waals surface area (Å²) in [4.78, 5) is 11.7. The van der Waals surface area contributed by atoms with Crippen molar-refractivity contribution in [2.45, 2.75) is 70.9 Å². The number of nitrogens with one attached hydrogen (secondary N) is 2. The van der Waals surface area contributed by atoms with Crippen LogP contribution in [0.25, 0.3) is 0 Å². The normalized spacial score (nSPS) is 19.8. The average Bonchev–Trinajstić information content (AvgIpc) is 2.63. The number of hydrogen-bond acceptors (Lipinski definition) is 2. The molecule has 1 saturated carbocycles. The molecule has 0 atom stereocenters. The number of carbonyl (C=O) groups is 1. The molecule has 1 fully saturated rings. The van der Waals surface area contributed by atoms with Gasteiger partial charge in [0.15, 0.2) is 0 Å². The Hall–Kier alpha value is -0.570. The van der Waals surface area contributed by atoms with Crippen molar-refractivity contribution in [1.82, 2.24) is 10.6 Å². The number of amides is 1. The van der Waals surface area contributed by atoms with Gasteiger partial charge in [0.25, 0.3) is 0 Å². The molecule has 0 unspecified atom stereocenters. The first kappa shape index (κ1) is 13.5. The molecule has 94 valence electrons. The second-order valence-electron chi connectivity index (χ2n) is 5.91. The molecule has 3 nitrogen and oxygen atoms in total. The molecule has 0 aromatic rings. The van der Waals surface area contributed by atoms with E-state index in [1.54, 1.807) is 0 Å². The van der Waals surface area contributed by atoms with Crippen molar-refractivity contribution in [2.24, 2.45) is 0 Å². The van der Waals surface area contributed by atoms with Crippen LogP contribution in [0, 0.1) is 0 Å². The Balaban J connectivity index is 2.30. The highest BCUT2D eigenvalue weighted by Gasteiger charge is 2.28. The molecule has 3 heteroatoms. The van der Waals surface area contributed by atoms with E-state index in [9.17, 15) is 4.79 Å². The largest absolute Gasteiger partial charge is 0.350 e. The van der Waals surface area contributed by atoms with Crippen molar-refractivity contribution in [1.29, 1.82) is 0 Å². The lowest BCUT2D eigenvalue weighted by Gasteiger charge is -2.28. The van der Waals surface area contributed by atoms with Crippen molar-refractivity contribution in [2.75, 3.05) is 6.54 Å². The van der Waals surface area contributed by atoms with Gasteiger partial charge in [-0.05, 0) is 40.0 Å². The Bertz CT molecular complexity index is 242. The third kappa shape index (κ3) is 4.12. The first-order valence-electron chi connectivity index (χ1n) is 6.43. The van der Waals surface area contributed by atoms with Crippen LogP contribution in [0.1, 0.15) is 59.8 Å². The van der Waals surface area contributed by atoms with Crippen molar-refractivity contribution < 1.29 is 4.79 Å². The number of rotatable bonds is 5. The Labute approximate surface area is 99.4 Å². The lowest BCUT2D eigenvalue weighted by atomic mass is 10.0. The van der Waals surface area contributed by atoms with E-state index in [1.807, 2.05) is 0 Å². The van der Waals surface area contributed by atoms with Crippen LogP contribution >= 0.6 is 0 Å². The molecule has 0 aromatic heterocycles. The van der Waals surface area contributed by atoms with E-state index in [0.29, 0.717) is 6.54 Å². The van der Waals surface area contributed by atoms with Gasteiger partial charge in [0.05, 0.1) is 6.54 Å². The van der Waals surface area contributed by atoms with Crippen LogP contribution in [-0.4, -0.2) is 23.5 Å². The molecule has 1 aliphatic carbocycles. The maximum atomic E-state index is 11.7. The van der Waals surface area contributed by atoms with Gasteiger partial charge in [-0.2, -0.15) is 0 Å². The SMILES string of the molecule is CCC(C)(C)NC(=O)CNC1(C)CCCC1. The van der Waals surface area contributed by atoms with Crippen LogP contribution in [0.3, 0.4) is 0 Å². The van der Waals surface area contributed by atoms with Gasteiger partial charge in [0.1, 0.15) is 0 Å². The van der Waals surface area contributed by atoms with Crippen molar-refractivity contribution >= 4 is 5.91 Å². The highest BCUT2D eigenvalue weighted by Crippen LogP contribution is 2.28. The van der Waals surface area contributed by atoms with Crippen LogP contribution < -0.4 is 10.6 Å². The molecule has 0 saturated heterocycles. The zero-order valence-corrected chi connectivity index (χ0v) is 11.2. The van der Waals surface area contributed by atoms with Gasteiger partial charge < -0.3 is 10.6 Å². The predicted octanol–water partition coefficient (Wildman–Crippen LogP) is 2.21. The van der Waals surface area contributed by atoms with Gasteiger partial charge in [-0.15, -0.1) is 0 Å². The van der Waals surface area contributed by atoms with E-state index < -0.39 is 0 Å². The Morgan fingerprint density at radius 2 is 1.88 bits per heavy atom. The van der Waals surface area contributed by atoms with Crippen LogP contribution in [0.2, 0.25) is 0 Å². The second kappa shape index (κ2) is 5.17. The topological polar surface area (TPSA) is 41.1 Å². The molecular weight excluding hydrogens is 200 g/mol. The van der Waals surface area contributed by atoms with E-state index in [-0.39, 0.29) is 17.0 Å². The molecule has 0 bridgehead atoms. The van der Waals surface area contributed by atoms with Crippen LogP contribution in [-0.2, 0) is 4.79 Å². The first-order valence-corrected chi connectivity index (χ1v) is 6.43. The lowest BCUT2D eigenvalue weighted by molar-refractivity contribution is -0.122. The molecule has 16 heavy (non-hydrogen) atoms. The minimum Gasteiger partial charge on any atom is -0.350 e.